The van der Waals surface area contributed by atoms with Gasteiger partial charge in [0.05, 0.1) is 0 Å². The molecule has 0 aliphatic heterocycles. The molecule has 0 aliphatic rings. The summed E-state index contributed by atoms with van der Waals surface area (Å²) in [6.07, 6.45) is 8.52. The molecule has 0 amide bonds. The number of hydrogen-bond donors (Lipinski definition) is 0. The monoisotopic (exact) mass is 284 g/mol. The van der Waals surface area contributed by atoms with Crippen LogP contribution in [0.5, 0.6) is 0 Å². The van der Waals surface area contributed by atoms with Crippen LogP contribution in [0.15, 0.2) is 0 Å². The summed E-state index contributed by atoms with van der Waals surface area (Å²) < 4.78 is 10.3. The SMILES string of the molecule is CCCCCCCCCCP(=O)([O-])[O-].[Zn+2]. The van der Waals surface area contributed by atoms with Crippen LogP contribution in [0.2, 0.25) is 0 Å². The van der Waals surface area contributed by atoms with Crippen LogP contribution in [0.3, 0.4) is 0 Å². The van der Waals surface area contributed by atoms with Gasteiger partial charge in [0.2, 0.25) is 0 Å². The van der Waals surface area contributed by atoms with Crippen molar-refractivity contribution in [3.05, 3.63) is 0 Å². The summed E-state index contributed by atoms with van der Waals surface area (Å²) in [5.41, 5.74) is 0. The van der Waals surface area contributed by atoms with Gasteiger partial charge in [-0.1, -0.05) is 59.5 Å². The van der Waals surface area contributed by atoms with E-state index in [1.807, 2.05) is 0 Å². The maximum absolute atomic E-state index is 10.3. The molecule has 15 heavy (non-hydrogen) atoms. The third kappa shape index (κ3) is 17.4. The van der Waals surface area contributed by atoms with Crippen molar-refractivity contribution in [1.82, 2.24) is 0 Å². The molecule has 0 radical (unpaired) electrons. The van der Waals surface area contributed by atoms with Gasteiger partial charge in [0.1, 0.15) is 0 Å². The Hall–Kier alpha value is 0.773. The van der Waals surface area contributed by atoms with Gasteiger partial charge in [-0.05, 0) is 12.6 Å². The van der Waals surface area contributed by atoms with E-state index >= 15 is 0 Å². The number of hydrogen-bond acceptors (Lipinski definition) is 3. The second-order valence-electron chi connectivity index (χ2n) is 3.81. The molecule has 0 saturated heterocycles. The summed E-state index contributed by atoms with van der Waals surface area (Å²) in [5, 5.41) is 0. The Morgan fingerprint density at radius 1 is 0.867 bits per heavy atom. The van der Waals surface area contributed by atoms with Crippen molar-refractivity contribution >= 4 is 7.60 Å². The Balaban J connectivity index is 0. The minimum Gasteiger partial charge on any atom is -0.811 e. The quantitative estimate of drug-likeness (QED) is 0.370. The van der Waals surface area contributed by atoms with E-state index < -0.39 is 7.60 Å². The summed E-state index contributed by atoms with van der Waals surface area (Å²) >= 11 is 0. The molecule has 0 unspecified atom stereocenters. The summed E-state index contributed by atoms with van der Waals surface area (Å²) in [7, 11) is -4.23. The third-order valence-corrected chi connectivity index (χ3v) is 3.15. The van der Waals surface area contributed by atoms with Gasteiger partial charge in [0, 0.05) is 0 Å². The molecule has 0 spiro atoms. The van der Waals surface area contributed by atoms with Gasteiger partial charge in [-0.25, -0.2) is 0 Å². The number of rotatable bonds is 9. The molecular weight excluding hydrogens is 264 g/mol. The fraction of sp³-hybridized carbons (Fsp3) is 1.00. The first-order valence-corrected chi connectivity index (χ1v) is 7.30. The average molecular weight is 286 g/mol. The topological polar surface area (TPSA) is 63.2 Å². The molecule has 0 aromatic heterocycles. The molecule has 0 bridgehead atoms. The van der Waals surface area contributed by atoms with E-state index in [2.05, 4.69) is 6.92 Å². The normalized spacial score (nSPS) is 11.1. The van der Waals surface area contributed by atoms with E-state index in [9.17, 15) is 14.4 Å². The zero-order valence-corrected chi connectivity index (χ0v) is 13.6. The fourth-order valence-corrected chi connectivity index (χ4v) is 2.05. The second kappa shape index (κ2) is 11.3. The molecule has 0 atom stereocenters. The van der Waals surface area contributed by atoms with Crippen molar-refractivity contribution in [3.63, 3.8) is 0 Å². The molecule has 0 N–H and O–H groups in total. The zero-order valence-electron chi connectivity index (χ0n) is 9.74. The fourth-order valence-electron chi connectivity index (χ4n) is 1.44. The smallest absolute Gasteiger partial charge is 0.811 e. The first-order valence-electron chi connectivity index (χ1n) is 5.57. The molecular formula is C10H21O3PZn. The summed E-state index contributed by atoms with van der Waals surface area (Å²) in [6, 6.07) is 0. The van der Waals surface area contributed by atoms with Crippen molar-refractivity contribution < 1.29 is 33.8 Å². The minimum atomic E-state index is -4.23. The Bertz CT molecular complexity index is 170. The first-order chi connectivity index (χ1) is 6.56. The van der Waals surface area contributed by atoms with Crippen molar-refractivity contribution in [3.8, 4) is 0 Å². The third-order valence-electron chi connectivity index (χ3n) is 2.29. The molecule has 0 heterocycles. The Kier molecular flexibility index (Phi) is 13.6. The number of unbranched alkanes of at least 4 members (excludes halogenated alkanes) is 7. The van der Waals surface area contributed by atoms with Crippen molar-refractivity contribution in [2.45, 2.75) is 58.3 Å². The minimum absolute atomic E-state index is 0. The van der Waals surface area contributed by atoms with Gasteiger partial charge in [-0.15, -0.1) is 0 Å². The van der Waals surface area contributed by atoms with Gasteiger partial charge < -0.3 is 14.4 Å². The van der Waals surface area contributed by atoms with E-state index in [0.717, 1.165) is 12.8 Å². The molecule has 0 fully saturated rings. The van der Waals surface area contributed by atoms with Gasteiger partial charge >= 0.3 is 19.5 Å². The maximum atomic E-state index is 10.3. The predicted octanol–water partition coefficient (Wildman–Crippen LogP) is 2.04. The first kappa shape index (κ1) is 18.1. The average Bonchev–Trinajstić information content (AvgIpc) is 2.08. The van der Waals surface area contributed by atoms with E-state index in [1.54, 1.807) is 0 Å². The predicted molar refractivity (Wildman–Crippen MR) is 55.1 cm³/mol. The molecule has 0 saturated carbocycles. The van der Waals surface area contributed by atoms with Crippen LogP contribution in [-0.4, -0.2) is 6.16 Å². The Morgan fingerprint density at radius 2 is 1.27 bits per heavy atom. The van der Waals surface area contributed by atoms with E-state index in [-0.39, 0.29) is 25.6 Å². The Labute approximate surface area is 106 Å². The molecule has 86 valence electrons. The van der Waals surface area contributed by atoms with Crippen LogP contribution in [0, 0.1) is 0 Å². The van der Waals surface area contributed by atoms with Crippen LogP contribution in [0.4, 0.5) is 0 Å². The van der Waals surface area contributed by atoms with Gasteiger partial charge in [0.25, 0.3) is 0 Å². The molecule has 3 nitrogen and oxygen atoms in total. The van der Waals surface area contributed by atoms with Crippen LogP contribution < -0.4 is 9.79 Å². The van der Waals surface area contributed by atoms with Crippen molar-refractivity contribution in [2.75, 3.05) is 6.16 Å². The Morgan fingerprint density at radius 3 is 1.67 bits per heavy atom. The molecule has 0 aliphatic carbocycles. The molecule has 5 heteroatoms. The summed E-state index contributed by atoms with van der Waals surface area (Å²) in [6.45, 7) is 2.18. The summed E-state index contributed by atoms with van der Waals surface area (Å²) in [5.74, 6) is 0. The van der Waals surface area contributed by atoms with E-state index in [4.69, 9.17) is 0 Å². The zero-order chi connectivity index (χ0) is 10.9. The molecule has 0 rings (SSSR count). The van der Waals surface area contributed by atoms with Crippen LogP contribution in [-0.2, 0) is 24.0 Å². The van der Waals surface area contributed by atoms with Crippen molar-refractivity contribution in [2.24, 2.45) is 0 Å². The molecule has 0 aromatic carbocycles. The van der Waals surface area contributed by atoms with Crippen LogP contribution in [0.1, 0.15) is 58.3 Å². The van der Waals surface area contributed by atoms with E-state index in [1.165, 1.54) is 32.1 Å². The van der Waals surface area contributed by atoms with Gasteiger partial charge in [-0.2, -0.15) is 0 Å². The molecule has 0 aromatic rings. The van der Waals surface area contributed by atoms with Crippen LogP contribution >= 0.6 is 7.60 Å². The van der Waals surface area contributed by atoms with E-state index in [0.29, 0.717) is 6.42 Å². The van der Waals surface area contributed by atoms with Gasteiger partial charge in [-0.3, -0.25) is 0 Å². The van der Waals surface area contributed by atoms with Gasteiger partial charge in [0.15, 0.2) is 0 Å². The largest absolute Gasteiger partial charge is 2.00 e. The van der Waals surface area contributed by atoms with Crippen molar-refractivity contribution in [1.29, 1.82) is 0 Å². The second-order valence-corrected chi connectivity index (χ2v) is 5.48. The van der Waals surface area contributed by atoms with Crippen LogP contribution in [0.25, 0.3) is 0 Å². The maximum Gasteiger partial charge on any atom is 2.00 e. The summed E-state index contributed by atoms with van der Waals surface area (Å²) in [4.78, 5) is 20.6. The standard InChI is InChI=1S/C10H23O3P.Zn/c1-2-3-4-5-6-7-8-9-10-14(11,12)13;/h2-10H2,1H3,(H2,11,12,13);/q;+2/p-2.